The lowest BCUT2D eigenvalue weighted by molar-refractivity contribution is 0.482. The molecular formula is C25H16N6O3S2. The third kappa shape index (κ3) is 4.90. The van der Waals surface area contributed by atoms with Gasteiger partial charge in [0, 0.05) is 11.1 Å². The van der Waals surface area contributed by atoms with Crippen LogP contribution in [0.5, 0.6) is 11.5 Å². The fourth-order valence-electron chi connectivity index (χ4n) is 3.47. The van der Waals surface area contributed by atoms with Gasteiger partial charge in [0.2, 0.25) is 5.13 Å². The van der Waals surface area contributed by atoms with E-state index in [0.29, 0.717) is 5.75 Å². The van der Waals surface area contributed by atoms with E-state index in [9.17, 15) is 13.7 Å². The van der Waals surface area contributed by atoms with Gasteiger partial charge < -0.3 is 4.74 Å². The first kappa shape index (κ1) is 23.1. The lowest BCUT2D eigenvalue weighted by Gasteiger charge is -2.15. The third-order valence-electron chi connectivity index (χ3n) is 5.17. The zero-order valence-corrected chi connectivity index (χ0v) is 20.1. The van der Waals surface area contributed by atoms with Crippen molar-refractivity contribution in [3.8, 4) is 39.8 Å². The first-order valence-corrected chi connectivity index (χ1v) is 12.9. The Kier molecular flexibility index (Phi) is 6.36. The molecular weight excluding hydrogens is 496 g/mol. The minimum Gasteiger partial charge on any atom is -0.455 e. The van der Waals surface area contributed by atoms with Crippen molar-refractivity contribution in [2.75, 3.05) is 4.72 Å². The molecule has 0 aliphatic heterocycles. The highest BCUT2D eigenvalue weighted by atomic mass is 32.2. The van der Waals surface area contributed by atoms with E-state index < -0.39 is 10.0 Å². The summed E-state index contributed by atoms with van der Waals surface area (Å²) in [7, 11) is -3.96. The number of ether oxygens (including phenoxy) is 1. The van der Waals surface area contributed by atoms with Crippen LogP contribution < -0.4 is 9.46 Å². The minimum atomic E-state index is -3.96. The van der Waals surface area contributed by atoms with Crippen LogP contribution in [0.25, 0.3) is 22.3 Å². The van der Waals surface area contributed by atoms with Crippen LogP contribution in [0.2, 0.25) is 0 Å². The van der Waals surface area contributed by atoms with Gasteiger partial charge in [0.25, 0.3) is 10.0 Å². The van der Waals surface area contributed by atoms with Gasteiger partial charge in [0.1, 0.15) is 23.1 Å². The number of benzene rings is 3. The zero-order valence-electron chi connectivity index (χ0n) is 18.4. The average Bonchev–Trinajstić information content (AvgIpc) is 3.42. The molecule has 0 unspecified atom stereocenters. The van der Waals surface area contributed by atoms with Gasteiger partial charge in [-0.25, -0.2) is 8.42 Å². The SMILES string of the molecule is N#Cc1cc(S(=O)(=O)Nc2nncs2)ccc1Oc1ccc(-c2ccccc2)cc1-c1ccnnc1. The molecule has 1 N–H and O–H groups in total. The van der Waals surface area contributed by atoms with Gasteiger partial charge >= 0.3 is 0 Å². The van der Waals surface area contributed by atoms with Crippen LogP contribution in [0.4, 0.5) is 5.13 Å². The van der Waals surface area contributed by atoms with Gasteiger partial charge in [-0.05, 0) is 47.5 Å². The Morgan fingerprint density at radius 2 is 1.69 bits per heavy atom. The summed E-state index contributed by atoms with van der Waals surface area (Å²) in [5.74, 6) is 0.685. The standard InChI is InChI=1S/C25H16N6O3S2/c26-14-20-12-21(36(32,33)31-25-30-29-16-35-25)7-9-23(20)34-24-8-6-18(17-4-2-1-3-5-17)13-22(24)19-10-11-27-28-15-19/h1-13,15-16H,(H,30,31). The molecule has 0 spiro atoms. The third-order valence-corrected chi connectivity index (χ3v) is 7.24. The van der Waals surface area contributed by atoms with Gasteiger partial charge in [-0.1, -0.05) is 47.7 Å². The van der Waals surface area contributed by atoms with Crippen molar-refractivity contribution in [1.82, 2.24) is 20.4 Å². The summed E-state index contributed by atoms with van der Waals surface area (Å²) in [4.78, 5) is -0.0976. The smallest absolute Gasteiger partial charge is 0.263 e. The Morgan fingerprint density at radius 3 is 2.42 bits per heavy atom. The maximum Gasteiger partial charge on any atom is 0.263 e. The first-order chi connectivity index (χ1) is 17.5. The first-order valence-electron chi connectivity index (χ1n) is 10.5. The van der Waals surface area contributed by atoms with Crippen molar-refractivity contribution in [1.29, 1.82) is 5.26 Å². The van der Waals surface area contributed by atoms with E-state index in [1.165, 1.54) is 23.7 Å². The lowest BCUT2D eigenvalue weighted by atomic mass is 9.99. The molecule has 11 heteroatoms. The summed E-state index contributed by atoms with van der Waals surface area (Å²) < 4.78 is 33.9. The van der Waals surface area contributed by atoms with E-state index in [2.05, 4.69) is 25.1 Å². The largest absolute Gasteiger partial charge is 0.455 e. The van der Waals surface area contributed by atoms with Gasteiger partial charge in [-0.2, -0.15) is 15.5 Å². The van der Waals surface area contributed by atoms with Crippen LogP contribution >= 0.6 is 11.3 Å². The minimum absolute atomic E-state index is 0.0566. The van der Waals surface area contributed by atoms with E-state index in [-0.39, 0.29) is 21.3 Å². The van der Waals surface area contributed by atoms with Gasteiger partial charge in [0.05, 0.1) is 22.9 Å². The van der Waals surface area contributed by atoms with Crippen molar-refractivity contribution in [2.24, 2.45) is 0 Å². The Labute approximate surface area is 210 Å². The highest BCUT2D eigenvalue weighted by Crippen LogP contribution is 2.38. The molecule has 2 heterocycles. The lowest BCUT2D eigenvalue weighted by Crippen LogP contribution is -2.13. The number of nitrogens with one attached hydrogen (secondary N) is 1. The second-order valence-corrected chi connectivity index (χ2v) is 9.94. The van der Waals surface area contributed by atoms with Gasteiger partial charge in [-0.15, -0.1) is 10.2 Å². The highest BCUT2D eigenvalue weighted by Gasteiger charge is 2.19. The number of nitrogens with zero attached hydrogens (tertiary/aromatic N) is 5. The van der Waals surface area contributed by atoms with E-state index >= 15 is 0 Å². The quantitative estimate of drug-likeness (QED) is 0.318. The van der Waals surface area contributed by atoms with Crippen LogP contribution in [0.15, 0.2) is 95.6 Å². The molecule has 0 atom stereocenters. The summed E-state index contributed by atoms with van der Waals surface area (Å²) in [6, 6.07) is 23.5. The summed E-state index contributed by atoms with van der Waals surface area (Å²) >= 11 is 1.05. The number of hydrogen-bond acceptors (Lipinski definition) is 9. The van der Waals surface area contributed by atoms with Crippen LogP contribution in [0.3, 0.4) is 0 Å². The van der Waals surface area contributed by atoms with Crippen LogP contribution in [0, 0.1) is 11.3 Å². The van der Waals surface area contributed by atoms with Crippen molar-refractivity contribution in [2.45, 2.75) is 4.90 Å². The molecule has 3 aromatic carbocycles. The number of hydrogen-bond donors (Lipinski definition) is 1. The number of rotatable bonds is 7. The fraction of sp³-hybridized carbons (Fsp3) is 0. The molecule has 36 heavy (non-hydrogen) atoms. The topological polar surface area (TPSA) is 131 Å². The van der Waals surface area contributed by atoms with E-state index in [4.69, 9.17) is 4.74 Å². The normalized spacial score (nSPS) is 11.0. The molecule has 0 aliphatic rings. The van der Waals surface area contributed by atoms with Gasteiger partial charge in [-0.3, -0.25) is 4.72 Å². The van der Waals surface area contributed by atoms with Gasteiger partial charge in [0.15, 0.2) is 0 Å². The van der Waals surface area contributed by atoms with E-state index in [0.717, 1.165) is 33.6 Å². The Bertz CT molecular complexity index is 1650. The molecule has 9 nitrogen and oxygen atoms in total. The summed E-state index contributed by atoms with van der Waals surface area (Å²) in [5.41, 5.74) is 4.98. The molecule has 0 fully saturated rings. The summed E-state index contributed by atoms with van der Waals surface area (Å²) in [5, 5.41) is 25.0. The number of nitriles is 1. The number of anilines is 1. The Balaban J connectivity index is 1.52. The van der Waals surface area contributed by atoms with Crippen molar-refractivity contribution >= 4 is 26.5 Å². The predicted molar refractivity (Wildman–Crippen MR) is 135 cm³/mol. The molecule has 0 saturated carbocycles. The van der Waals surface area contributed by atoms with Crippen molar-refractivity contribution < 1.29 is 13.2 Å². The molecule has 0 aliphatic carbocycles. The van der Waals surface area contributed by atoms with Crippen molar-refractivity contribution in [3.63, 3.8) is 0 Å². The van der Waals surface area contributed by atoms with E-state index in [1.807, 2.05) is 54.6 Å². The van der Waals surface area contributed by atoms with Crippen LogP contribution in [-0.4, -0.2) is 28.8 Å². The number of aromatic nitrogens is 4. The molecule has 176 valence electrons. The highest BCUT2D eigenvalue weighted by molar-refractivity contribution is 7.93. The van der Waals surface area contributed by atoms with Crippen LogP contribution in [0.1, 0.15) is 5.56 Å². The number of sulfonamides is 1. The maximum atomic E-state index is 12.7. The molecule has 2 aromatic heterocycles. The summed E-state index contributed by atoms with van der Waals surface area (Å²) in [6.07, 6.45) is 3.20. The molecule has 5 rings (SSSR count). The molecule has 0 radical (unpaired) electrons. The molecule has 0 bridgehead atoms. The summed E-state index contributed by atoms with van der Waals surface area (Å²) in [6.45, 7) is 0. The zero-order chi connectivity index (χ0) is 25.0. The van der Waals surface area contributed by atoms with Crippen molar-refractivity contribution in [3.05, 3.63) is 96.3 Å². The molecule has 5 aromatic rings. The Morgan fingerprint density at radius 1 is 0.861 bits per heavy atom. The molecule has 0 saturated heterocycles. The van der Waals surface area contributed by atoms with E-state index in [1.54, 1.807) is 18.5 Å². The average molecular weight is 513 g/mol. The monoisotopic (exact) mass is 512 g/mol. The molecule has 0 amide bonds. The predicted octanol–water partition coefficient (Wildman–Crippen LogP) is 5.13. The fourth-order valence-corrected chi connectivity index (χ4v) is 5.19. The second-order valence-electron chi connectivity index (χ2n) is 7.43. The Hall–Kier alpha value is -4.66. The maximum absolute atomic E-state index is 12.7. The van der Waals surface area contributed by atoms with Crippen LogP contribution in [-0.2, 0) is 10.0 Å². The second kappa shape index (κ2) is 9.91.